The Bertz CT molecular complexity index is 693. The second-order valence-electron chi connectivity index (χ2n) is 9.34. The molecule has 0 aliphatic heterocycles. The first-order chi connectivity index (χ1) is 13.5. The van der Waals surface area contributed by atoms with Gasteiger partial charge < -0.3 is 15.4 Å². The van der Waals surface area contributed by atoms with E-state index >= 15 is 0 Å². The van der Waals surface area contributed by atoms with Gasteiger partial charge in [0.05, 0.1) is 6.61 Å². The summed E-state index contributed by atoms with van der Waals surface area (Å²) in [6.45, 7) is 2.95. The van der Waals surface area contributed by atoms with Crippen LogP contribution in [0.25, 0.3) is 0 Å². The average molecular weight is 385 g/mol. The molecular formula is C23H32N2O3. The molecule has 152 valence electrons. The molecule has 5 nitrogen and oxygen atoms in total. The lowest BCUT2D eigenvalue weighted by Crippen LogP contribution is -2.62. The molecule has 4 fully saturated rings. The minimum Gasteiger partial charge on any atom is -0.383 e. The average Bonchev–Trinajstić information content (AvgIpc) is 2.65. The van der Waals surface area contributed by atoms with E-state index in [2.05, 4.69) is 10.6 Å². The van der Waals surface area contributed by atoms with Crippen molar-refractivity contribution in [1.82, 2.24) is 10.6 Å². The van der Waals surface area contributed by atoms with Crippen LogP contribution < -0.4 is 10.6 Å². The molecule has 1 aromatic carbocycles. The smallest absolute Gasteiger partial charge is 0.251 e. The number of hydrogen-bond donors (Lipinski definition) is 2. The fourth-order valence-corrected chi connectivity index (χ4v) is 6.33. The maximum absolute atomic E-state index is 13.2. The summed E-state index contributed by atoms with van der Waals surface area (Å²) >= 11 is 0. The number of benzene rings is 1. The van der Waals surface area contributed by atoms with Crippen LogP contribution in [0.2, 0.25) is 0 Å². The Kier molecular flexibility index (Phi) is 5.46. The third kappa shape index (κ3) is 3.82. The SMILES string of the molecule is COCCNC(=O)[C@@H](NC(=O)c1ccc(C)cc1)C12CC3CC(CC(C3)C1)C2. The Morgan fingerprint density at radius 2 is 1.64 bits per heavy atom. The van der Waals surface area contributed by atoms with E-state index in [9.17, 15) is 9.59 Å². The van der Waals surface area contributed by atoms with Crippen molar-refractivity contribution >= 4 is 11.8 Å². The first-order valence-corrected chi connectivity index (χ1v) is 10.6. The van der Waals surface area contributed by atoms with E-state index in [1.807, 2.05) is 31.2 Å². The van der Waals surface area contributed by atoms with E-state index < -0.39 is 6.04 Å². The lowest BCUT2D eigenvalue weighted by atomic mass is 9.47. The molecule has 2 amide bonds. The molecule has 4 aliphatic rings. The minimum atomic E-state index is -0.466. The highest BCUT2D eigenvalue weighted by Crippen LogP contribution is 2.61. The summed E-state index contributed by atoms with van der Waals surface area (Å²) in [5.74, 6) is 1.95. The van der Waals surface area contributed by atoms with Crippen LogP contribution in [0.1, 0.15) is 54.4 Å². The third-order valence-electron chi connectivity index (χ3n) is 7.15. The molecule has 0 unspecified atom stereocenters. The van der Waals surface area contributed by atoms with Gasteiger partial charge >= 0.3 is 0 Å². The van der Waals surface area contributed by atoms with Crippen molar-refractivity contribution in [3.8, 4) is 0 Å². The molecule has 4 bridgehead atoms. The highest BCUT2D eigenvalue weighted by atomic mass is 16.5. The van der Waals surface area contributed by atoms with E-state index in [1.54, 1.807) is 7.11 Å². The van der Waals surface area contributed by atoms with Crippen molar-refractivity contribution in [1.29, 1.82) is 0 Å². The van der Waals surface area contributed by atoms with Crippen molar-refractivity contribution in [2.45, 2.75) is 51.5 Å². The Labute approximate surface area is 167 Å². The van der Waals surface area contributed by atoms with E-state index in [-0.39, 0.29) is 17.2 Å². The van der Waals surface area contributed by atoms with Crippen molar-refractivity contribution in [3.63, 3.8) is 0 Å². The van der Waals surface area contributed by atoms with E-state index in [1.165, 1.54) is 19.3 Å². The number of carbonyl (C=O) groups is 2. The lowest BCUT2D eigenvalue weighted by molar-refractivity contribution is -0.134. The molecular weight excluding hydrogens is 352 g/mol. The number of amides is 2. The van der Waals surface area contributed by atoms with Gasteiger partial charge in [0.1, 0.15) is 6.04 Å². The van der Waals surface area contributed by atoms with Gasteiger partial charge in [-0.3, -0.25) is 9.59 Å². The number of nitrogens with one attached hydrogen (secondary N) is 2. The van der Waals surface area contributed by atoms with Gasteiger partial charge in [0, 0.05) is 24.6 Å². The third-order valence-corrected chi connectivity index (χ3v) is 7.15. The first kappa shape index (κ1) is 19.4. The number of aryl methyl sites for hydroxylation is 1. The molecule has 1 atom stereocenters. The standard InChI is InChI=1S/C23H32N2O3/c1-15-3-5-19(6-4-15)21(26)25-20(22(27)24-7-8-28-2)23-12-16-9-17(13-23)11-18(10-16)14-23/h3-6,16-18,20H,7-14H2,1-2H3,(H,24,27)(H,25,26)/t16?,17?,18?,20-,23?/m1/s1. The quantitative estimate of drug-likeness (QED) is 0.710. The molecule has 0 saturated heterocycles. The summed E-state index contributed by atoms with van der Waals surface area (Å²) in [7, 11) is 1.63. The maximum atomic E-state index is 13.2. The fraction of sp³-hybridized carbons (Fsp3) is 0.652. The number of carbonyl (C=O) groups excluding carboxylic acids is 2. The van der Waals surface area contributed by atoms with Crippen LogP contribution in [0.15, 0.2) is 24.3 Å². The zero-order valence-electron chi connectivity index (χ0n) is 17.0. The van der Waals surface area contributed by atoms with Crippen molar-refractivity contribution < 1.29 is 14.3 Å². The normalized spacial score (nSPS) is 31.4. The number of methoxy groups -OCH3 is 1. The molecule has 5 heteroatoms. The van der Waals surface area contributed by atoms with Crippen LogP contribution >= 0.6 is 0 Å². The molecule has 5 rings (SSSR count). The Balaban J connectivity index is 1.56. The summed E-state index contributed by atoms with van der Waals surface area (Å²) in [6.07, 6.45) is 7.12. The predicted octanol–water partition coefficient (Wildman–Crippen LogP) is 3.07. The molecule has 28 heavy (non-hydrogen) atoms. The molecule has 4 saturated carbocycles. The molecule has 2 N–H and O–H groups in total. The molecule has 1 aromatic rings. The van der Waals surface area contributed by atoms with Crippen LogP contribution in [-0.4, -0.2) is 38.1 Å². The molecule has 0 radical (unpaired) electrons. The summed E-state index contributed by atoms with van der Waals surface area (Å²) in [6, 6.07) is 7.08. The van der Waals surface area contributed by atoms with E-state index in [4.69, 9.17) is 4.74 Å². The van der Waals surface area contributed by atoms with E-state index in [0.717, 1.165) is 42.6 Å². The fourth-order valence-electron chi connectivity index (χ4n) is 6.33. The molecule has 4 aliphatic carbocycles. The molecule has 0 spiro atoms. The summed E-state index contributed by atoms with van der Waals surface area (Å²) in [5.41, 5.74) is 1.64. The van der Waals surface area contributed by atoms with Crippen molar-refractivity contribution in [2.75, 3.05) is 20.3 Å². The lowest BCUT2D eigenvalue weighted by Gasteiger charge is -2.58. The van der Waals surface area contributed by atoms with Crippen molar-refractivity contribution in [3.05, 3.63) is 35.4 Å². The predicted molar refractivity (Wildman–Crippen MR) is 108 cm³/mol. The highest BCUT2D eigenvalue weighted by Gasteiger charge is 2.56. The van der Waals surface area contributed by atoms with Gasteiger partial charge in [0.2, 0.25) is 5.91 Å². The van der Waals surface area contributed by atoms with Gasteiger partial charge in [-0.25, -0.2) is 0 Å². The van der Waals surface area contributed by atoms with E-state index in [0.29, 0.717) is 18.7 Å². The van der Waals surface area contributed by atoms with Crippen LogP contribution in [0.3, 0.4) is 0 Å². The minimum absolute atomic E-state index is 0.0561. The van der Waals surface area contributed by atoms with Crippen LogP contribution in [-0.2, 0) is 9.53 Å². The zero-order valence-corrected chi connectivity index (χ0v) is 17.0. The Morgan fingerprint density at radius 3 is 2.18 bits per heavy atom. The van der Waals surface area contributed by atoms with Gasteiger partial charge in [0.15, 0.2) is 0 Å². The number of hydrogen-bond acceptors (Lipinski definition) is 3. The monoisotopic (exact) mass is 384 g/mol. The molecule has 0 heterocycles. The summed E-state index contributed by atoms with van der Waals surface area (Å²) in [4.78, 5) is 26.2. The number of rotatable bonds is 7. The Morgan fingerprint density at radius 1 is 1.07 bits per heavy atom. The largest absolute Gasteiger partial charge is 0.383 e. The van der Waals surface area contributed by atoms with Crippen LogP contribution in [0.4, 0.5) is 0 Å². The summed E-state index contributed by atoms with van der Waals surface area (Å²) in [5, 5.41) is 6.14. The Hall–Kier alpha value is -1.88. The highest BCUT2D eigenvalue weighted by molar-refractivity contribution is 5.97. The summed E-state index contributed by atoms with van der Waals surface area (Å²) < 4.78 is 5.08. The second kappa shape index (κ2) is 7.86. The van der Waals surface area contributed by atoms with Gasteiger partial charge in [-0.2, -0.15) is 0 Å². The van der Waals surface area contributed by atoms with Gasteiger partial charge in [-0.15, -0.1) is 0 Å². The van der Waals surface area contributed by atoms with Crippen LogP contribution in [0.5, 0.6) is 0 Å². The van der Waals surface area contributed by atoms with Gasteiger partial charge in [-0.05, 0) is 75.3 Å². The first-order valence-electron chi connectivity index (χ1n) is 10.6. The van der Waals surface area contributed by atoms with Gasteiger partial charge in [0.25, 0.3) is 5.91 Å². The van der Waals surface area contributed by atoms with Gasteiger partial charge in [-0.1, -0.05) is 17.7 Å². The molecule has 0 aromatic heterocycles. The second-order valence-corrected chi connectivity index (χ2v) is 9.34. The van der Waals surface area contributed by atoms with Crippen LogP contribution in [0, 0.1) is 30.1 Å². The maximum Gasteiger partial charge on any atom is 0.251 e. The van der Waals surface area contributed by atoms with Crippen molar-refractivity contribution in [2.24, 2.45) is 23.2 Å². The topological polar surface area (TPSA) is 67.4 Å². The zero-order chi connectivity index (χ0) is 19.7. The number of ether oxygens (including phenoxy) is 1.